The highest BCUT2D eigenvalue weighted by molar-refractivity contribution is 7.92. The molecule has 1 heterocycles. The summed E-state index contributed by atoms with van der Waals surface area (Å²) in [4.78, 5) is 17.4. The van der Waals surface area contributed by atoms with Crippen LogP contribution in [0.5, 0.6) is 5.75 Å². The third-order valence-electron chi connectivity index (χ3n) is 4.81. The summed E-state index contributed by atoms with van der Waals surface area (Å²) >= 11 is 13.7. The average Bonchev–Trinajstić information content (AvgIpc) is 3.12. The molecule has 3 aromatic carbocycles. The van der Waals surface area contributed by atoms with Crippen LogP contribution in [0, 0.1) is 0 Å². The number of rotatable bonds is 5. The number of aryl methyl sites for hydroxylation is 1. The highest BCUT2D eigenvalue weighted by atomic mass is 35.5. The zero-order valence-electron chi connectivity index (χ0n) is 17.4. The lowest BCUT2D eigenvalue weighted by Gasteiger charge is -2.09. The summed E-state index contributed by atoms with van der Waals surface area (Å²) in [6, 6.07) is 15.6. The number of aromatic nitrogens is 1. The Morgan fingerprint density at radius 1 is 1.03 bits per heavy atom. The number of ether oxygens (including phenoxy) is 1. The number of sulfonamides is 1. The van der Waals surface area contributed by atoms with Crippen molar-refractivity contribution in [2.24, 2.45) is 12.0 Å². The van der Waals surface area contributed by atoms with Gasteiger partial charge in [0.05, 0.1) is 32.3 Å². The number of carbonyl (C=O) groups is 1. The van der Waals surface area contributed by atoms with Gasteiger partial charge in [-0.3, -0.25) is 9.52 Å². The van der Waals surface area contributed by atoms with Gasteiger partial charge < -0.3 is 9.30 Å². The Bertz CT molecular complexity index is 1530. The topological polar surface area (TPSA) is 89.8 Å². The SMILES string of the molecule is COc1ccc(S(=O)(=O)Nc2ccc(C(=O)N=c3sc4ccc(Cl)c(Cl)c4n3C)cc2)cc1. The van der Waals surface area contributed by atoms with E-state index in [1.165, 1.54) is 54.8 Å². The van der Waals surface area contributed by atoms with Crippen LogP contribution in [0.3, 0.4) is 0 Å². The zero-order valence-corrected chi connectivity index (χ0v) is 20.5. The Morgan fingerprint density at radius 2 is 1.70 bits per heavy atom. The zero-order chi connectivity index (χ0) is 23.8. The first-order chi connectivity index (χ1) is 15.7. The van der Waals surface area contributed by atoms with Crippen LogP contribution in [0.1, 0.15) is 10.4 Å². The molecule has 4 rings (SSSR count). The van der Waals surface area contributed by atoms with E-state index in [9.17, 15) is 13.2 Å². The second kappa shape index (κ2) is 9.18. The normalized spacial score (nSPS) is 12.2. The minimum absolute atomic E-state index is 0.0921. The van der Waals surface area contributed by atoms with Crippen molar-refractivity contribution in [3.05, 3.63) is 81.1 Å². The van der Waals surface area contributed by atoms with Gasteiger partial charge in [0.1, 0.15) is 5.75 Å². The molecule has 0 saturated carbocycles. The summed E-state index contributed by atoms with van der Waals surface area (Å²) < 4.78 is 35.2. The minimum atomic E-state index is -3.79. The Kier molecular flexibility index (Phi) is 6.49. The molecular formula is C22H17Cl2N3O4S2. The van der Waals surface area contributed by atoms with Crippen LogP contribution in [-0.4, -0.2) is 26.0 Å². The van der Waals surface area contributed by atoms with Gasteiger partial charge in [-0.25, -0.2) is 8.42 Å². The maximum absolute atomic E-state index is 12.7. The monoisotopic (exact) mass is 521 g/mol. The van der Waals surface area contributed by atoms with Crippen LogP contribution in [0.4, 0.5) is 5.69 Å². The predicted octanol–water partition coefficient (Wildman–Crippen LogP) is 5.10. The fourth-order valence-corrected chi connectivity index (χ4v) is 5.66. The molecule has 11 heteroatoms. The van der Waals surface area contributed by atoms with Crippen molar-refractivity contribution in [1.29, 1.82) is 0 Å². The first-order valence-electron chi connectivity index (χ1n) is 9.49. The summed E-state index contributed by atoms with van der Waals surface area (Å²) in [6.45, 7) is 0. The highest BCUT2D eigenvalue weighted by Gasteiger charge is 2.15. The lowest BCUT2D eigenvalue weighted by atomic mass is 10.2. The van der Waals surface area contributed by atoms with E-state index in [4.69, 9.17) is 27.9 Å². The lowest BCUT2D eigenvalue weighted by molar-refractivity contribution is 0.0998. The van der Waals surface area contributed by atoms with E-state index in [-0.39, 0.29) is 4.90 Å². The van der Waals surface area contributed by atoms with Gasteiger partial charge in [-0.1, -0.05) is 34.5 Å². The maximum atomic E-state index is 12.7. The highest BCUT2D eigenvalue weighted by Crippen LogP contribution is 2.31. The quantitative estimate of drug-likeness (QED) is 0.395. The van der Waals surface area contributed by atoms with Gasteiger partial charge in [0.25, 0.3) is 15.9 Å². The van der Waals surface area contributed by atoms with Gasteiger partial charge >= 0.3 is 0 Å². The molecule has 0 radical (unpaired) electrons. The van der Waals surface area contributed by atoms with E-state index in [1.54, 1.807) is 29.8 Å². The average molecular weight is 522 g/mol. The molecule has 0 unspecified atom stereocenters. The van der Waals surface area contributed by atoms with Gasteiger partial charge in [0, 0.05) is 18.3 Å². The Hall–Kier alpha value is -2.85. The van der Waals surface area contributed by atoms with E-state index in [1.807, 2.05) is 6.07 Å². The smallest absolute Gasteiger partial charge is 0.279 e. The molecule has 0 saturated heterocycles. The van der Waals surface area contributed by atoms with E-state index < -0.39 is 15.9 Å². The van der Waals surface area contributed by atoms with Crippen molar-refractivity contribution in [2.45, 2.75) is 4.90 Å². The van der Waals surface area contributed by atoms with Crippen molar-refractivity contribution in [3.63, 3.8) is 0 Å². The Balaban J connectivity index is 1.57. The van der Waals surface area contributed by atoms with Crippen LogP contribution in [0.2, 0.25) is 10.0 Å². The molecule has 1 N–H and O–H groups in total. The van der Waals surface area contributed by atoms with Gasteiger partial charge in [0.15, 0.2) is 4.80 Å². The second-order valence-electron chi connectivity index (χ2n) is 6.93. The number of halogens is 2. The van der Waals surface area contributed by atoms with E-state index in [2.05, 4.69) is 9.71 Å². The second-order valence-corrected chi connectivity index (χ2v) is 10.4. The molecule has 0 spiro atoms. The molecule has 33 heavy (non-hydrogen) atoms. The van der Waals surface area contributed by atoms with Gasteiger partial charge in [-0.2, -0.15) is 4.99 Å². The minimum Gasteiger partial charge on any atom is -0.497 e. The summed E-state index contributed by atoms with van der Waals surface area (Å²) in [5.74, 6) is 0.0851. The fourth-order valence-electron chi connectivity index (χ4n) is 3.08. The fraction of sp³-hybridized carbons (Fsp3) is 0.0909. The first-order valence-corrected chi connectivity index (χ1v) is 12.5. The number of hydrogen-bond donors (Lipinski definition) is 1. The number of carbonyl (C=O) groups excluding carboxylic acids is 1. The lowest BCUT2D eigenvalue weighted by Crippen LogP contribution is -2.14. The van der Waals surface area contributed by atoms with Crippen LogP contribution < -0.4 is 14.3 Å². The number of benzene rings is 3. The standard InChI is InChI=1S/C22H17Cl2N3O4S2/c1-27-20-18(12-11-17(23)19(20)24)32-22(27)25-21(28)13-3-5-14(6-4-13)26-33(29,30)16-9-7-15(31-2)8-10-16/h3-12,26H,1-2H3. The van der Waals surface area contributed by atoms with Crippen molar-refractivity contribution in [3.8, 4) is 5.75 Å². The number of methoxy groups -OCH3 is 1. The molecule has 0 aliphatic rings. The molecule has 0 aliphatic carbocycles. The molecule has 4 aromatic rings. The number of fused-ring (bicyclic) bond motifs is 1. The summed E-state index contributed by atoms with van der Waals surface area (Å²) in [6.07, 6.45) is 0. The molecule has 1 amide bonds. The van der Waals surface area contributed by atoms with Crippen molar-refractivity contribution in [2.75, 3.05) is 11.8 Å². The number of amides is 1. The van der Waals surface area contributed by atoms with Gasteiger partial charge in [-0.15, -0.1) is 0 Å². The van der Waals surface area contributed by atoms with Crippen LogP contribution >= 0.6 is 34.5 Å². The Morgan fingerprint density at radius 3 is 2.33 bits per heavy atom. The number of nitrogens with one attached hydrogen (secondary N) is 1. The number of anilines is 1. The maximum Gasteiger partial charge on any atom is 0.279 e. The molecule has 170 valence electrons. The molecule has 0 aliphatic heterocycles. The van der Waals surface area contributed by atoms with Crippen LogP contribution in [0.25, 0.3) is 10.2 Å². The van der Waals surface area contributed by atoms with Crippen LogP contribution in [0.15, 0.2) is 70.6 Å². The molecule has 0 fully saturated rings. The molecule has 0 atom stereocenters. The number of thiazole rings is 1. The summed E-state index contributed by atoms with van der Waals surface area (Å²) in [5.41, 5.74) is 1.32. The molecular weight excluding hydrogens is 505 g/mol. The van der Waals surface area contributed by atoms with Crippen molar-refractivity contribution in [1.82, 2.24) is 4.57 Å². The first kappa shape index (κ1) is 23.3. The van der Waals surface area contributed by atoms with Crippen LogP contribution in [-0.2, 0) is 17.1 Å². The Labute approximate surface area is 203 Å². The third-order valence-corrected chi connectivity index (χ3v) is 8.10. The van der Waals surface area contributed by atoms with Gasteiger partial charge in [-0.05, 0) is 60.7 Å². The molecule has 0 bridgehead atoms. The molecule has 1 aromatic heterocycles. The predicted molar refractivity (Wildman–Crippen MR) is 131 cm³/mol. The third kappa shape index (κ3) is 4.77. The van der Waals surface area contributed by atoms with E-state index >= 15 is 0 Å². The largest absolute Gasteiger partial charge is 0.497 e. The summed E-state index contributed by atoms with van der Waals surface area (Å²) in [7, 11) is -0.530. The van der Waals surface area contributed by atoms with E-state index in [0.717, 1.165) is 4.70 Å². The van der Waals surface area contributed by atoms with E-state index in [0.29, 0.717) is 37.4 Å². The molecule has 7 nitrogen and oxygen atoms in total. The number of hydrogen-bond acceptors (Lipinski definition) is 5. The summed E-state index contributed by atoms with van der Waals surface area (Å²) in [5, 5.41) is 0.818. The van der Waals surface area contributed by atoms with Crippen molar-refractivity contribution >= 4 is 66.4 Å². The van der Waals surface area contributed by atoms with Gasteiger partial charge in [0.2, 0.25) is 0 Å². The number of nitrogens with zero attached hydrogens (tertiary/aromatic N) is 2. The van der Waals surface area contributed by atoms with Crippen molar-refractivity contribution < 1.29 is 17.9 Å².